The topological polar surface area (TPSA) is 8.17 Å². The van der Waals surface area contributed by atoms with Crippen LogP contribution in [0.5, 0.6) is 0 Å². The van der Waals surface area contributed by atoms with Gasteiger partial charge in [0.05, 0.1) is 6.04 Å². The average Bonchev–Trinajstić information content (AvgIpc) is 3.37. The van der Waals surface area contributed by atoms with Gasteiger partial charge in [0.1, 0.15) is 0 Å². The van der Waals surface area contributed by atoms with Crippen LogP contribution in [0.25, 0.3) is 33.0 Å². The molecular weight excluding hydrogens is 436 g/mol. The third kappa shape index (κ3) is 3.48. The number of anilines is 1. The molecule has 0 N–H and O–H groups in total. The van der Waals surface area contributed by atoms with Crippen molar-refractivity contribution in [2.45, 2.75) is 25.3 Å². The van der Waals surface area contributed by atoms with E-state index >= 15 is 0 Å². The number of fused-ring (bicyclic) bond motifs is 6. The Morgan fingerprint density at radius 2 is 1.67 bits per heavy atom. The zero-order valence-corrected chi connectivity index (χ0v) is 21.3. The minimum Gasteiger partial charge on any atom is -0.367 e. The lowest BCUT2D eigenvalue weighted by Crippen LogP contribution is -2.28. The van der Waals surface area contributed by atoms with E-state index in [1.807, 2.05) is 6.08 Å². The predicted molar refractivity (Wildman–Crippen MR) is 157 cm³/mol. The molecule has 0 fully saturated rings. The van der Waals surface area contributed by atoms with Gasteiger partial charge < -0.3 is 9.47 Å². The van der Waals surface area contributed by atoms with Crippen molar-refractivity contribution in [2.75, 3.05) is 11.9 Å². The largest absolute Gasteiger partial charge is 0.367 e. The number of likely N-dealkylation sites (N-methyl/N-ethyl adjacent to an activating group) is 1. The standard InChI is InChI=1S/C34H32N2/c1-5-11-24(25-17-19-33-30(21-25)28-13-8-10-15-32(28)35(33)3)20-23(6-2)26-16-18-29-27-12-7-9-14-31(27)36(4)34(29)22-26/h5,7-22,27,31H,1,6H2,2-4H3/b23-20+,24-11+. The van der Waals surface area contributed by atoms with Gasteiger partial charge in [0.2, 0.25) is 0 Å². The maximum absolute atomic E-state index is 4.02. The van der Waals surface area contributed by atoms with E-state index in [9.17, 15) is 0 Å². The maximum atomic E-state index is 4.02. The highest BCUT2D eigenvalue weighted by Crippen LogP contribution is 2.44. The van der Waals surface area contributed by atoms with Gasteiger partial charge in [-0.25, -0.2) is 0 Å². The zero-order chi connectivity index (χ0) is 24.8. The molecular formula is C34H32N2. The zero-order valence-electron chi connectivity index (χ0n) is 21.3. The summed E-state index contributed by atoms with van der Waals surface area (Å²) in [6, 6.07) is 22.9. The number of para-hydroxylation sites is 1. The Morgan fingerprint density at radius 3 is 2.50 bits per heavy atom. The molecule has 0 spiro atoms. The number of rotatable bonds is 5. The van der Waals surface area contributed by atoms with E-state index in [0.717, 1.165) is 6.42 Å². The van der Waals surface area contributed by atoms with Gasteiger partial charge in [0, 0.05) is 47.5 Å². The van der Waals surface area contributed by atoms with Crippen molar-refractivity contribution < 1.29 is 0 Å². The molecule has 0 amide bonds. The first-order valence-electron chi connectivity index (χ1n) is 12.8. The van der Waals surface area contributed by atoms with Crippen LogP contribution >= 0.6 is 0 Å². The number of aromatic nitrogens is 1. The van der Waals surface area contributed by atoms with Crippen LogP contribution in [0.3, 0.4) is 0 Å². The van der Waals surface area contributed by atoms with E-state index in [-0.39, 0.29) is 0 Å². The van der Waals surface area contributed by atoms with Crippen molar-refractivity contribution in [3.63, 3.8) is 0 Å². The molecule has 36 heavy (non-hydrogen) atoms. The Kier molecular flexibility index (Phi) is 5.53. The summed E-state index contributed by atoms with van der Waals surface area (Å²) in [4.78, 5) is 2.42. The molecule has 3 aromatic carbocycles. The molecule has 2 aliphatic rings. The summed E-state index contributed by atoms with van der Waals surface area (Å²) in [5.41, 5.74) is 10.3. The quantitative estimate of drug-likeness (QED) is 0.267. The van der Waals surface area contributed by atoms with Crippen LogP contribution in [-0.4, -0.2) is 17.7 Å². The van der Waals surface area contributed by atoms with Gasteiger partial charge in [-0.15, -0.1) is 0 Å². The van der Waals surface area contributed by atoms with E-state index in [1.54, 1.807) is 0 Å². The smallest absolute Gasteiger partial charge is 0.0577 e. The minimum absolute atomic E-state index is 0.415. The number of allylic oxidation sites excluding steroid dienone is 7. The van der Waals surface area contributed by atoms with Crippen LogP contribution < -0.4 is 4.90 Å². The molecule has 2 heterocycles. The molecule has 2 unspecified atom stereocenters. The summed E-state index contributed by atoms with van der Waals surface area (Å²) in [5, 5.41) is 2.58. The Hall–Kier alpha value is -4.04. The minimum atomic E-state index is 0.415. The highest BCUT2D eigenvalue weighted by Gasteiger charge is 2.34. The van der Waals surface area contributed by atoms with Gasteiger partial charge in [0.25, 0.3) is 0 Å². The molecule has 0 saturated heterocycles. The lowest BCUT2D eigenvalue weighted by molar-refractivity contribution is 0.723. The Bertz CT molecular complexity index is 1620. The van der Waals surface area contributed by atoms with Gasteiger partial charge >= 0.3 is 0 Å². The third-order valence-electron chi connectivity index (χ3n) is 7.95. The summed E-state index contributed by atoms with van der Waals surface area (Å²) in [7, 11) is 4.36. The Balaban J connectivity index is 1.43. The van der Waals surface area contributed by atoms with Crippen LogP contribution in [0, 0.1) is 0 Å². The number of hydrogen-bond acceptors (Lipinski definition) is 1. The van der Waals surface area contributed by atoms with E-state index in [0.29, 0.717) is 12.0 Å². The monoisotopic (exact) mass is 468 g/mol. The molecule has 6 rings (SSSR count). The highest BCUT2D eigenvalue weighted by molar-refractivity contribution is 6.09. The third-order valence-corrected chi connectivity index (χ3v) is 7.95. The van der Waals surface area contributed by atoms with Crippen molar-refractivity contribution in [1.29, 1.82) is 0 Å². The first kappa shape index (κ1) is 22.4. The fourth-order valence-corrected chi connectivity index (χ4v) is 6.02. The molecule has 2 atom stereocenters. The fraction of sp³-hybridized carbons (Fsp3) is 0.176. The lowest BCUT2D eigenvalue weighted by atomic mass is 9.90. The second kappa shape index (κ2) is 8.87. The second-order valence-electron chi connectivity index (χ2n) is 9.86. The number of benzene rings is 3. The molecule has 2 nitrogen and oxygen atoms in total. The van der Waals surface area contributed by atoms with Crippen molar-refractivity contribution >= 4 is 38.6 Å². The number of nitrogens with zero attached hydrogens (tertiary/aromatic N) is 2. The van der Waals surface area contributed by atoms with Crippen molar-refractivity contribution in [1.82, 2.24) is 4.57 Å². The summed E-state index contributed by atoms with van der Waals surface area (Å²) in [5.74, 6) is 0.446. The average molecular weight is 469 g/mol. The molecule has 0 radical (unpaired) electrons. The summed E-state index contributed by atoms with van der Waals surface area (Å²) >= 11 is 0. The molecule has 0 saturated carbocycles. The molecule has 1 aliphatic carbocycles. The van der Waals surface area contributed by atoms with Crippen molar-refractivity contribution in [3.8, 4) is 0 Å². The van der Waals surface area contributed by atoms with Gasteiger partial charge in [0.15, 0.2) is 0 Å². The lowest BCUT2D eigenvalue weighted by Gasteiger charge is -2.24. The highest BCUT2D eigenvalue weighted by atomic mass is 15.2. The van der Waals surface area contributed by atoms with Gasteiger partial charge in [-0.3, -0.25) is 0 Å². The van der Waals surface area contributed by atoms with Gasteiger partial charge in [-0.1, -0.05) is 92.4 Å². The van der Waals surface area contributed by atoms with Crippen LogP contribution in [0.15, 0.2) is 110 Å². The number of aryl methyl sites for hydroxylation is 1. The van der Waals surface area contributed by atoms with E-state index in [4.69, 9.17) is 0 Å². The summed E-state index contributed by atoms with van der Waals surface area (Å²) < 4.78 is 2.28. The fourth-order valence-electron chi connectivity index (χ4n) is 6.02. The first-order valence-corrected chi connectivity index (χ1v) is 12.8. The normalized spacial score (nSPS) is 19.2. The van der Waals surface area contributed by atoms with Gasteiger partial charge in [-0.05, 0) is 58.5 Å². The van der Waals surface area contributed by atoms with Crippen LogP contribution in [0.1, 0.15) is 36.0 Å². The van der Waals surface area contributed by atoms with Crippen LogP contribution in [0.4, 0.5) is 5.69 Å². The van der Waals surface area contributed by atoms with E-state index in [1.165, 1.54) is 55.3 Å². The summed E-state index contributed by atoms with van der Waals surface area (Å²) in [6.07, 6.45) is 16.3. The van der Waals surface area contributed by atoms with E-state index < -0.39 is 0 Å². The maximum Gasteiger partial charge on any atom is 0.0577 e. The molecule has 4 aromatic rings. The molecule has 1 aliphatic heterocycles. The SMILES string of the molecule is C=C/C=C(\C=C(/CC)c1ccc2c(c1)N(C)C1C=CC=CC21)c1ccc2c(c1)c1ccccc1n2C. The van der Waals surface area contributed by atoms with Crippen molar-refractivity contribution in [2.24, 2.45) is 7.05 Å². The predicted octanol–water partition coefficient (Wildman–Crippen LogP) is 8.42. The molecule has 1 aromatic heterocycles. The summed E-state index contributed by atoms with van der Waals surface area (Å²) in [6.45, 7) is 6.26. The molecule has 0 bridgehead atoms. The molecule has 2 heteroatoms. The van der Waals surface area contributed by atoms with Crippen LogP contribution in [0.2, 0.25) is 0 Å². The van der Waals surface area contributed by atoms with Crippen LogP contribution in [-0.2, 0) is 7.05 Å². The number of hydrogen-bond donors (Lipinski definition) is 0. The first-order chi connectivity index (χ1) is 17.6. The van der Waals surface area contributed by atoms with Crippen molar-refractivity contribution in [3.05, 3.63) is 126 Å². The second-order valence-corrected chi connectivity index (χ2v) is 9.86. The molecule has 178 valence electrons. The Labute approximate surface area is 213 Å². The Morgan fingerprint density at radius 1 is 0.889 bits per heavy atom. The van der Waals surface area contributed by atoms with E-state index in [2.05, 4.69) is 134 Å². The van der Waals surface area contributed by atoms with Gasteiger partial charge in [-0.2, -0.15) is 0 Å².